The lowest BCUT2D eigenvalue weighted by atomic mass is 10.0. The molecule has 2 heterocycles. The van der Waals surface area contributed by atoms with E-state index < -0.39 is 89.9 Å². The van der Waals surface area contributed by atoms with Gasteiger partial charge in [0.1, 0.15) is 36.3 Å². The van der Waals surface area contributed by atoms with Gasteiger partial charge in [-0.1, -0.05) is 48.5 Å². The molecule has 0 spiro atoms. The van der Waals surface area contributed by atoms with Crippen molar-refractivity contribution in [2.45, 2.75) is 114 Å². The van der Waals surface area contributed by atoms with Crippen molar-refractivity contribution in [2.75, 3.05) is 26.2 Å². The fourth-order valence-corrected chi connectivity index (χ4v) is 7.83. The summed E-state index contributed by atoms with van der Waals surface area (Å²) in [5.41, 5.74) is 29.6. The molecule has 4 rings (SSSR count). The quantitative estimate of drug-likeness (QED) is 0.0358. The van der Waals surface area contributed by atoms with Gasteiger partial charge >= 0.3 is 0 Å². The number of guanidine groups is 2. The molecule has 1 saturated heterocycles. The smallest absolute Gasteiger partial charge is 0.243 e. The van der Waals surface area contributed by atoms with Gasteiger partial charge in [-0.3, -0.25) is 53.1 Å². The minimum Gasteiger partial charge on any atom is -0.370 e. The van der Waals surface area contributed by atoms with Crippen LogP contribution in [0.15, 0.2) is 70.8 Å². The second kappa shape index (κ2) is 29.1. The van der Waals surface area contributed by atoms with Crippen LogP contribution >= 0.6 is 0 Å². The van der Waals surface area contributed by atoms with E-state index in [9.17, 15) is 43.2 Å². The van der Waals surface area contributed by atoms with E-state index >= 15 is 0 Å². The Morgan fingerprint density at radius 2 is 1.28 bits per heavy atom. The minimum absolute atomic E-state index is 0.0173. The molecule has 0 radical (unpaired) electrons. The number of hydrogen-bond donors (Lipinski definition) is 14. The lowest BCUT2D eigenvalue weighted by Crippen LogP contribution is -2.60. The Labute approximate surface area is 416 Å². The van der Waals surface area contributed by atoms with Crippen molar-refractivity contribution in [3.63, 3.8) is 0 Å². The molecule has 1 aliphatic heterocycles. The van der Waals surface area contributed by atoms with Crippen molar-refractivity contribution in [1.82, 2.24) is 47.5 Å². The summed E-state index contributed by atoms with van der Waals surface area (Å²) < 4.78 is 0. The number of nitrogens with two attached hydrogens (primary N) is 5. The van der Waals surface area contributed by atoms with Crippen LogP contribution in [0.3, 0.4) is 0 Å². The molecule has 25 heteroatoms. The molecule has 72 heavy (non-hydrogen) atoms. The van der Waals surface area contributed by atoms with E-state index in [0.717, 1.165) is 10.9 Å². The van der Waals surface area contributed by atoms with Crippen LogP contribution in [0.1, 0.15) is 75.8 Å². The van der Waals surface area contributed by atoms with Gasteiger partial charge in [0.2, 0.25) is 53.2 Å². The van der Waals surface area contributed by atoms with Gasteiger partial charge in [0.25, 0.3) is 0 Å². The number of aromatic amines is 1. The van der Waals surface area contributed by atoms with E-state index in [1.807, 2.05) is 24.3 Å². The maximum absolute atomic E-state index is 14.5. The van der Waals surface area contributed by atoms with Crippen LogP contribution in [0.25, 0.3) is 10.9 Å². The summed E-state index contributed by atoms with van der Waals surface area (Å²) >= 11 is 0. The molecule has 6 atom stereocenters. The first-order valence-corrected chi connectivity index (χ1v) is 23.7. The average molecular weight is 1000 g/mol. The van der Waals surface area contributed by atoms with Gasteiger partial charge in [-0.15, -0.1) is 0 Å². The third kappa shape index (κ3) is 19.6. The molecule has 0 aliphatic carbocycles. The molecular formula is C47H68N16O9. The number of primary amides is 1. The molecule has 0 unspecified atom stereocenters. The number of rotatable bonds is 17. The number of fused-ring (bicyclic) bond motifs is 1. The van der Waals surface area contributed by atoms with Gasteiger partial charge in [-0.25, -0.2) is 0 Å². The normalized spacial score (nSPS) is 20.4. The maximum atomic E-state index is 14.5. The lowest BCUT2D eigenvalue weighted by molar-refractivity contribution is -0.136. The van der Waals surface area contributed by atoms with Gasteiger partial charge in [0.15, 0.2) is 11.9 Å². The van der Waals surface area contributed by atoms with Gasteiger partial charge in [-0.05, 0) is 62.1 Å². The molecule has 0 saturated carbocycles. The summed E-state index contributed by atoms with van der Waals surface area (Å²) in [5, 5.41) is 22.2. The Morgan fingerprint density at radius 3 is 1.96 bits per heavy atom. The standard InChI is InChI=1S/C47H68N16O9/c1-27(64)58-32(15-8-21-55-46(49)50)41(68)59-33-16-7-19-53-39(66)18-10-20-54-40(67)36(24-29-26-57-31-14-6-5-13-30(29)31)62-42(69)34(17-9-22-56-47(51)52)60-44(71)35(23-28-11-3-2-4-12-28)61-45(72)37(25-38(48)65)63-43(33)70/h2-6,11-14,26,32-37,57H,7-10,15-25H2,1H3,(H2,48,65)(H,53,66)(H,54,67)(H,58,64)(H,59,68)(H,60,71)(H,61,72)(H,62,69)(H,63,70)(H4,49,50,55)(H4,51,52,56)/t32-,33-,34-,35+,36-,37-/m0/s1. The van der Waals surface area contributed by atoms with Crippen molar-refractivity contribution in [1.29, 1.82) is 0 Å². The molecule has 25 nitrogen and oxygen atoms in total. The van der Waals surface area contributed by atoms with Crippen molar-refractivity contribution < 1.29 is 43.2 Å². The molecule has 390 valence electrons. The predicted octanol–water partition coefficient (Wildman–Crippen LogP) is -3.33. The third-order valence-electron chi connectivity index (χ3n) is 11.4. The van der Waals surface area contributed by atoms with Crippen molar-refractivity contribution >= 4 is 76.0 Å². The van der Waals surface area contributed by atoms with Crippen molar-refractivity contribution in [3.8, 4) is 0 Å². The number of benzene rings is 2. The van der Waals surface area contributed by atoms with E-state index in [2.05, 4.69) is 57.5 Å². The average Bonchev–Trinajstić information content (AvgIpc) is 3.74. The second-order valence-electron chi connectivity index (χ2n) is 17.3. The number of para-hydroxylation sites is 1. The fraction of sp³-hybridized carbons (Fsp3) is 0.468. The van der Waals surface area contributed by atoms with Gasteiger partial charge < -0.3 is 76.2 Å². The third-order valence-corrected chi connectivity index (χ3v) is 11.4. The molecule has 3 aromatic rings. The summed E-state index contributed by atoms with van der Waals surface area (Å²) in [4.78, 5) is 134. The number of carbonyl (C=O) groups is 9. The van der Waals surface area contributed by atoms with Crippen LogP contribution in [0.5, 0.6) is 0 Å². The highest BCUT2D eigenvalue weighted by Gasteiger charge is 2.34. The van der Waals surface area contributed by atoms with E-state index in [0.29, 0.717) is 11.1 Å². The minimum atomic E-state index is -1.70. The Kier molecular flexibility index (Phi) is 22.7. The van der Waals surface area contributed by atoms with Crippen LogP contribution in [0.2, 0.25) is 0 Å². The Bertz CT molecular complexity index is 2420. The Morgan fingerprint density at radius 1 is 0.681 bits per heavy atom. The van der Waals surface area contributed by atoms with Crippen LogP contribution in [0.4, 0.5) is 0 Å². The van der Waals surface area contributed by atoms with Crippen molar-refractivity contribution in [3.05, 3.63) is 71.9 Å². The topological polar surface area (TPSA) is 420 Å². The molecular weight excluding hydrogens is 933 g/mol. The first-order valence-electron chi connectivity index (χ1n) is 23.7. The Balaban J connectivity index is 1.72. The van der Waals surface area contributed by atoms with Crippen LogP contribution in [0, 0.1) is 0 Å². The van der Waals surface area contributed by atoms with Gasteiger partial charge in [-0.2, -0.15) is 0 Å². The first kappa shape index (κ1) is 56.3. The molecule has 19 N–H and O–H groups in total. The zero-order valence-corrected chi connectivity index (χ0v) is 40.3. The highest BCUT2D eigenvalue weighted by atomic mass is 16.2. The number of nitrogens with one attached hydrogen (secondary N) is 9. The summed E-state index contributed by atoms with van der Waals surface area (Å²) in [7, 11) is 0. The van der Waals surface area contributed by atoms with E-state index in [-0.39, 0.29) is 108 Å². The maximum Gasteiger partial charge on any atom is 0.243 e. The number of aliphatic imine (C=N–C) groups is 2. The SMILES string of the molecule is CC(=O)N[C@@H](CCCN=C(N)N)C(=O)N[C@H]1CCCNC(=O)CCCNC(=O)[C@H](Cc2c[nH]c3ccccc23)NC(=O)[C@H](CCCN=C(N)N)NC(=O)[C@@H](Cc2ccccc2)NC(=O)[C@H](CC(N)=O)NC1=O. The zero-order chi connectivity index (χ0) is 52.6. The fourth-order valence-electron chi connectivity index (χ4n) is 7.83. The number of H-pyrrole nitrogens is 1. The van der Waals surface area contributed by atoms with Gasteiger partial charge in [0.05, 0.1) is 6.42 Å². The number of nitrogens with zero attached hydrogens (tertiary/aromatic N) is 2. The molecule has 1 aliphatic rings. The van der Waals surface area contributed by atoms with E-state index in [4.69, 9.17) is 28.7 Å². The summed E-state index contributed by atoms with van der Waals surface area (Å²) in [6, 6.07) is 7.79. The summed E-state index contributed by atoms with van der Waals surface area (Å²) in [5.74, 6) is -7.18. The van der Waals surface area contributed by atoms with Crippen LogP contribution in [-0.4, -0.2) is 132 Å². The Hall–Kier alpha value is -8.25. The second-order valence-corrected chi connectivity index (χ2v) is 17.3. The van der Waals surface area contributed by atoms with Crippen molar-refractivity contribution in [2.24, 2.45) is 38.7 Å². The van der Waals surface area contributed by atoms with Crippen LogP contribution < -0.4 is 71.2 Å². The summed E-state index contributed by atoms with van der Waals surface area (Å²) in [6.07, 6.45) is 1.54. The molecule has 9 amide bonds. The molecule has 0 bridgehead atoms. The van der Waals surface area contributed by atoms with E-state index in [1.54, 1.807) is 36.5 Å². The summed E-state index contributed by atoms with van der Waals surface area (Å²) in [6.45, 7) is 1.49. The monoisotopic (exact) mass is 1000 g/mol. The largest absolute Gasteiger partial charge is 0.370 e. The molecule has 1 fully saturated rings. The molecule has 1 aromatic heterocycles. The lowest BCUT2D eigenvalue weighted by Gasteiger charge is -2.27. The highest BCUT2D eigenvalue weighted by molar-refractivity contribution is 5.98. The van der Waals surface area contributed by atoms with Crippen LogP contribution in [-0.2, 0) is 56.0 Å². The zero-order valence-electron chi connectivity index (χ0n) is 40.3. The highest BCUT2D eigenvalue weighted by Crippen LogP contribution is 2.20. The number of hydrogen-bond acceptors (Lipinski definition) is 11. The van der Waals surface area contributed by atoms with E-state index in [1.165, 1.54) is 6.92 Å². The molecule has 2 aromatic carbocycles. The predicted molar refractivity (Wildman–Crippen MR) is 268 cm³/mol. The number of carbonyl (C=O) groups excluding carboxylic acids is 9. The number of amides is 9. The number of aromatic nitrogens is 1. The van der Waals surface area contributed by atoms with Gasteiger partial charge in [0, 0.05) is 69.5 Å². The first-order chi connectivity index (χ1) is 34.4.